The van der Waals surface area contributed by atoms with Gasteiger partial charge in [-0.3, -0.25) is 4.79 Å². The second-order valence-corrected chi connectivity index (χ2v) is 3.68. The van der Waals surface area contributed by atoms with Gasteiger partial charge in [0.1, 0.15) is 18.1 Å². The predicted octanol–water partition coefficient (Wildman–Crippen LogP) is 0.121. The zero-order valence-corrected chi connectivity index (χ0v) is 9.88. The first kappa shape index (κ1) is 13.6. The molecule has 1 rings (SSSR count). The smallest absolute Gasteiger partial charge is 0.150 e. The van der Waals surface area contributed by atoms with E-state index in [0.29, 0.717) is 23.2 Å². The molecule has 0 saturated heterocycles. The normalized spacial score (nSPS) is 14.1. The molecule has 0 bridgehead atoms. The Labute approximate surface area is 100 Å². The van der Waals surface area contributed by atoms with Crippen LogP contribution in [0.2, 0.25) is 0 Å². The zero-order valence-electron chi connectivity index (χ0n) is 9.88. The van der Waals surface area contributed by atoms with E-state index in [9.17, 15) is 15.0 Å². The third-order valence-electron chi connectivity index (χ3n) is 2.52. The lowest BCUT2D eigenvalue weighted by Crippen LogP contribution is -2.30. The summed E-state index contributed by atoms with van der Waals surface area (Å²) in [7, 11) is 3.16. The lowest BCUT2D eigenvalue weighted by atomic mass is 9.99. The molecule has 0 radical (unpaired) electrons. The third kappa shape index (κ3) is 3.26. The van der Waals surface area contributed by atoms with Crippen LogP contribution < -0.4 is 10.1 Å². The second kappa shape index (κ2) is 6.34. The summed E-state index contributed by atoms with van der Waals surface area (Å²) < 4.78 is 5.02. The molecule has 0 saturated carbocycles. The van der Waals surface area contributed by atoms with Crippen molar-refractivity contribution >= 4 is 6.29 Å². The van der Waals surface area contributed by atoms with Crippen molar-refractivity contribution in [3.8, 4) is 5.75 Å². The SMILES string of the molecule is CNCC(O)C(O)c1cc(OC)ccc1C=O. The van der Waals surface area contributed by atoms with Crippen LogP contribution in [-0.4, -0.2) is 43.3 Å². The van der Waals surface area contributed by atoms with Crippen LogP contribution in [0.3, 0.4) is 0 Å². The van der Waals surface area contributed by atoms with Crippen LogP contribution in [0.5, 0.6) is 5.75 Å². The van der Waals surface area contributed by atoms with Gasteiger partial charge in [0, 0.05) is 12.1 Å². The van der Waals surface area contributed by atoms with Crippen molar-refractivity contribution in [2.45, 2.75) is 12.2 Å². The minimum absolute atomic E-state index is 0.233. The van der Waals surface area contributed by atoms with Crippen molar-refractivity contribution in [3.63, 3.8) is 0 Å². The monoisotopic (exact) mass is 239 g/mol. The Morgan fingerprint density at radius 2 is 2.18 bits per heavy atom. The van der Waals surface area contributed by atoms with Gasteiger partial charge in [0.05, 0.1) is 13.2 Å². The van der Waals surface area contributed by atoms with Gasteiger partial charge in [0.2, 0.25) is 0 Å². The maximum absolute atomic E-state index is 10.9. The summed E-state index contributed by atoms with van der Waals surface area (Å²) in [5.41, 5.74) is 0.704. The summed E-state index contributed by atoms with van der Waals surface area (Å²) in [5.74, 6) is 0.529. The first-order chi connectivity index (χ1) is 8.13. The Morgan fingerprint density at radius 3 is 2.71 bits per heavy atom. The van der Waals surface area contributed by atoms with Gasteiger partial charge in [-0.25, -0.2) is 0 Å². The number of nitrogens with one attached hydrogen (secondary N) is 1. The van der Waals surface area contributed by atoms with Crippen molar-refractivity contribution < 1.29 is 19.7 Å². The molecule has 1 aromatic rings. The average Bonchev–Trinajstić information content (AvgIpc) is 2.37. The first-order valence-electron chi connectivity index (χ1n) is 5.27. The highest BCUT2D eigenvalue weighted by atomic mass is 16.5. The standard InChI is InChI=1S/C12H17NO4/c1-13-6-11(15)12(16)10-5-9(17-2)4-3-8(10)7-14/h3-5,7,11-13,15-16H,6H2,1-2H3. The molecule has 94 valence electrons. The van der Waals surface area contributed by atoms with Gasteiger partial charge >= 0.3 is 0 Å². The van der Waals surface area contributed by atoms with Crippen LogP contribution in [0.4, 0.5) is 0 Å². The maximum Gasteiger partial charge on any atom is 0.150 e. The van der Waals surface area contributed by atoms with Crippen LogP contribution >= 0.6 is 0 Å². The Hall–Kier alpha value is -1.43. The molecule has 0 heterocycles. The molecule has 2 unspecified atom stereocenters. The number of methoxy groups -OCH3 is 1. The van der Waals surface area contributed by atoms with E-state index in [1.54, 1.807) is 25.2 Å². The lowest BCUT2D eigenvalue weighted by molar-refractivity contribution is 0.0198. The molecule has 17 heavy (non-hydrogen) atoms. The number of carbonyl (C=O) groups is 1. The quantitative estimate of drug-likeness (QED) is 0.615. The minimum Gasteiger partial charge on any atom is -0.497 e. The molecule has 5 nitrogen and oxygen atoms in total. The van der Waals surface area contributed by atoms with Crippen molar-refractivity contribution in [3.05, 3.63) is 29.3 Å². The molecule has 0 aromatic heterocycles. The Morgan fingerprint density at radius 1 is 1.47 bits per heavy atom. The predicted molar refractivity (Wildman–Crippen MR) is 63.3 cm³/mol. The summed E-state index contributed by atoms with van der Waals surface area (Å²) in [6, 6.07) is 4.73. The molecular formula is C12H17NO4. The Bertz CT molecular complexity index is 381. The fraction of sp³-hybridized carbons (Fsp3) is 0.417. The number of aliphatic hydroxyl groups excluding tert-OH is 2. The van der Waals surface area contributed by atoms with E-state index in [2.05, 4.69) is 5.32 Å². The van der Waals surface area contributed by atoms with E-state index in [1.807, 2.05) is 0 Å². The molecule has 1 aromatic carbocycles. The number of likely N-dealkylation sites (N-methyl/N-ethyl adjacent to an activating group) is 1. The van der Waals surface area contributed by atoms with E-state index < -0.39 is 12.2 Å². The van der Waals surface area contributed by atoms with Crippen LogP contribution in [0.1, 0.15) is 22.0 Å². The van der Waals surface area contributed by atoms with Gasteiger partial charge in [0.25, 0.3) is 0 Å². The van der Waals surface area contributed by atoms with Crippen LogP contribution in [-0.2, 0) is 0 Å². The van der Waals surface area contributed by atoms with Gasteiger partial charge in [0.15, 0.2) is 0 Å². The lowest BCUT2D eigenvalue weighted by Gasteiger charge is -2.19. The molecule has 0 fully saturated rings. The molecule has 2 atom stereocenters. The topological polar surface area (TPSA) is 78.8 Å². The van der Waals surface area contributed by atoms with Crippen molar-refractivity contribution in [1.82, 2.24) is 5.32 Å². The number of benzene rings is 1. The Kier molecular flexibility index (Phi) is 5.09. The fourth-order valence-electron chi connectivity index (χ4n) is 1.57. The maximum atomic E-state index is 10.9. The highest BCUT2D eigenvalue weighted by Gasteiger charge is 2.21. The molecule has 5 heteroatoms. The minimum atomic E-state index is -1.13. The number of hydrogen-bond donors (Lipinski definition) is 3. The number of rotatable bonds is 6. The van der Waals surface area contributed by atoms with E-state index in [4.69, 9.17) is 4.74 Å². The average molecular weight is 239 g/mol. The summed E-state index contributed by atoms with van der Waals surface area (Å²) in [6.07, 6.45) is -1.46. The molecule has 0 aliphatic carbocycles. The third-order valence-corrected chi connectivity index (χ3v) is 2.52. The highest BCUT2D eigenvalue weighted by Crippen LogP contribution is 2.24. The molecular weight excluding hydrogens is 222 g/mol. The van der Waals surface area contributed by atoms with E-state index in [1.165, 1.54) is 7.11 Å². The molecule has 0 amide bonds. The number of carbonyl (C=O) groups excluding carboxylic acids is 1. The van der Waals surface area contributed by atoms with Gasteiger partial charge in [-0.1, -0.05) is 0 Å². The molecule has 0 aliphatic heterocycles. The fourth-order valence-corrected chi connectivity index (χ4v) is 1.57. The summed E-state index contributed by atoms with van der Waals surface area (Å²) in [4.78, 5) is 10.9. The molecule has 3 N–H and O–H groups in total. The van der Waals surface area contributed by atoms with Crippen molar-refractivity contribution in [2.75, 3.05) is 20.7 Å². The molecule has 0 spiro atoms. The zero-order chi connectivity index (χ0) is 12.8. The van der Waals surface area contributed by atoms with Crippen molar-refractivity contribution in [2.24, 2.45) is 0 Å². The van der Waals surface area contributed by atoms with Crippen LogP contribution in [0.25, 0.3) is 0 Å². The molecule has 0 aliphatic rings. The van der Waals surface area contributed by atoms with E-state index >= 15 is 0 Å². The first-order valence-corrected chi connectivity index (χ1v) is 5.27. The summed E-state index contributed by atoms with van der Waals surface area (Å²) >= 11 is 0. The summed E-state index contributed by atoms with van der Waals surface area (Å²) in [6.45, 7) is 0.233. The van der Waals surface area contributed by atoms with Gasteiger partial charge in [-0.05, 0) is 30.8 Å². The van der Waals surface area contributed by atoms with Crippen LogP contribution in [0, 0.1) is 0 Å². The van der Waals surface area contributed by atoms with E-state index in [0.717, 1.165) is 0 Å². The largest absolute Gasteiger partial charge is 0.497 e. The Balaban J connectivity index is 3.04. The number of aldehydes is 1. The highest BCUT2D eigenvalue weighted by molar-refractivity contribution is 5.78. The second-order valence-electron chi connectivity index (χ2n) is 3.68. The van der Waals surface area contributed by atoms with E-state index in [-0.39, 0.29) is 6.54 Å². The van der Waals surface area contributed by atoms with Gasteiger partial charge in [-0.15, -0.1) is 0 Å². The van der Waals surface area contributed by atoms with Gasteiger partial charge < -0.3 is 20.3 Å². The number of hydrogen-bond acceptors (Lipinski definition) is 5. The number of aliphatic hydroxyl groups is 2. The van der Waals surface area contributed by atoms with Gasteiger partial charge in [-0.2, -0.15) is 0 Å². The summed E-state index contributed by atoms with van der Waals surface area (Å²) in [5, 5.41) is 22.4. The van der Waals surface area contributed by atoms with Crippen molar-refractivity contribution in [1.29, 1.82) is 0 Å². The van der Waals surface area contributed by atoms with Crippen LogP contribution in [0.15, 0.2) is 18.2 Å². The number of ether oxygens (including phenoxy) is 1.